The van der Waals surface area contributed by atoms with E-state index in [0.29, 0.717) is 10.9 Å². The van der Waals surface area contributed by atoms with Gasteiger partial charge < -0.3 is 9.64 Å². The third kappa shape index (κ3) is 3.11. The Hall–Kier alpha value is -3.81. The van der Waals surface area contributed by atoms with Gasteiger partial charge in [0.05, 0.1) is 38.2 Å². The molecule has 0 saturated heterocycles. The summed E-state index contributed by atoms with van der Waals surface area (Å²) in [4.78, 5) is 17.4. The maximum atomic E-state index is 15.2. The number of carbonyl (C=O) groups is 1. The predicted octanol–water partition coefficient (Wildman–Crippen LogP) is 4.08. The second kappa shape index (κ2) is 7.16. The summed E-state index contributed by atoms with van der Waals surface area (Å²) in [5, 5.41) is 4.64. The van der Waals surface area contributed by atoms with Crippen molar-refractivity contribution in [1.82, 2.24) is 19.7 Å². The summed E-state index contributed by atoms with van der Waals surface area (Å²) in [7, 11) is -1.10. The van der Waals surface area contributed by atoms with Crippen molar-refractivity contribution in [1.29, 1.82) is 0 Å². The van der Waals surface area contributed by atoms with E-state index in [9.17, 15) is 4.79 Å². The number of rotatable bonds is 4. The lowest BCUT2D eigenvalue weighted by molar-refractivity contribution is 0.0763. The minimum absolute atomic E-state index is 0.00475. The van der Waals surface area contributed by atoms with Crippen molar-refractivity contribution in [2.75, 3.05) is 7.04 Å². The van der Waals surface area contributed by atoms with Gasteiger partial charge in [0.2, 0.25) is 0 Å². The molecular formula is C23H18F2N4O2. The lowest BCUT2D eigenvalue weighted by Gasteiger charge is -2.17. The molecule has 2 aromatic carbocycles. The number of hydrogen-bond acceptors (Lipinski definition) is 4. The van der Waals surface area contributed by atoms with Crippen LogP contribution >= 0.6 is 0 Å². The molecule has 0 bridgehead atoms. The quantitative estimate of drug-likeness (QED) is 0.494. The van der Waals surface area contributed by atoms with Crippen LogP contribution in [0.1, 0.15) is 28.5 Å². The van der Waals surface area contributed by atoms with E-state index in [4.69, 9.17) is 11.6 Å². The molecule has 0 unspecified atom stereocenters. The summed E-state index contributed by atoms with van der Waals surface area (Å²) in [6.45, 7) is -2.99. The first-order valence-corrected chi connectivity index (χ1v) is 9.28. The number of ether oxygens (including phenoxy) is 1. The summed E-state index contributed by atoms with van der Waals surface area (Å²) < 4.78 is 75.5. The van der Waals surface area contributed by atoms with Crippen molar-refractivity contribution in [3.8, 4) is 16.9 Å². The first kappa shape index (κ1) is 14.2. The third-order valence-electron chi connectivity index (χ3n) is 5.16. The van der Waals surface area contributed by atoms with Gasteiger partial charge in [-0.05, 0) is 47.5 Å². The molecule has 0 fully saturated rings. The highest BCUT2D eigenvalue weighted by Gasteiger charge is 2.29. The molecule has 0 N–H and O–H groups in total. The number of fused-ring (bicyclic) bond motifs is 2. The fourth-order valence-corrected chi connectivity index (χ4v) is 3.70. The predicted molar refractivity (Wildman–Crippen MR) is 110 cm³/mol. The van der Waals surface area contributed by atoms with Crippen LogP contribution in [0.3, 0.4) is 0 Å². The molecule has 0 saturated carbocycles. The van der Waals surface area contributed by atoms with E-state index in [0.717, 1.165) is 17.0 Å². The number of halogens is 2. The second-order valence-corrected chi connectivity index (χ2v) is 7.10. The van der Waals surface area contributed by atoms with Crippen LogP contribution in [0.4, 0.5) is 8.78 Å². The van der Waals surface area contributed by atoms with E-state index in [1.54, 1.807) is 13.2 Å². The van der Waals surface area contributed by atoms with Gasteiger partial charge in [0.25, 0.3) is 5.91 Å². The van der Waals surface area contributed by atoms with Crippen LogP contribution in [-0.2, 0) is 20.1 Å². The van der Waals surface area contributed by atoms with Crippen LogP contribution in [0.25, 0.3) is 22.0 Å². The lowest BCUT2D eigenvalue weighted by atomic mass is 9.99. The van der Waals surface area contributed by atoms with Gasteiger partial charge in [-0.1, -0.05) is 0 Å². The number of aromatic nitrogens is 3. The molecule has 4 aromatic rings. The third-order valence-corrected chi connectivity index (χ3v) is 5.16. The fraction of sp³-hybridized carbons (Fsp3) is 0.174. The first-order valence-electron chi connectivity index (χ1n) is 11.8. The van der Waals surface area contributed by atoms with Gasteiger partial charge in [0.15, 0.2) is 0 Å². The summed E-state index contributed by atoms with van der Waals surface area (Å²) in [6, 6.07) is 7.89. The zero-order valence-corrected chi connectivity index (χ0v) is 16.2. The minimum atomic E-state index is -2.71. The van der Waals surface area contributed by atoms with Gasteiger partial charge in [-0.2, -0.15) is 5.10 Å². The summed E-state index contributed by atoms with van der Waals surface area (Å²) in [6.07, 6.45) is 2.92. The lowest BCUT2D eigenvalue weighted by Crippen LogP contribution is -2.24. The van der Waals surface area contributed by atoms with Crippen molar-refractivity contribution in [3.05, 3.63) is 77.2 Å². The molecule has 3 heterocycles. The molecule has 0 atom stereocenters. The molecule has 0 aliphatic carbocycles. The Balaban J connectivity index is 1.53. The minimum Gasteiger partial charge on any atom is -0.494 e. The van der Waals surface area contributed by atoms with E-state index < -0.39 is 43.2 Å². The Morgan fingerprint density at radius 1 is 1.23 bits per heavy atom. The van der Waals surface area contributed by atoms with Gasteiger partial charge in [-0.15, -0.1) is 0 Å². The molecule has 1 aliphatic heterocycles. The van der Waals surface area contributed by atoms with Gasteiger partial charge in [0.1, 0.15) is 22.9 Å². The monoisotopic (exact) mass is 425 g/mol. The molecule has 2 aromatic heterocycles. The topological polar surface area (TPSA) is 60.2 Å². The van der Waals surface area contributed by atoms with Crippen molar-refractivity contribution >= 4 is 16.8 Å². The van der Waals surface area contributed by atoms with Crippen molar-refractivity contribution in [2.45, 2.75) is 13.0 Å². The van der Waals surface area contributed by atoms with E-state index in [1.807, 2.05) is 0 Å². The number of hydrogen-bond donors (Lipinski definition) is 0. The summed E-state index contributed by atoms with van der Waals surface area (Å²) in [5.41, 5.74) is 0.187. The van der Waals surface area contributed by atoms with E-state index in [2.05, 4.69) is 10.1 Å². The Morgan fingerprint density at radius 3 is 2.77 bits per heavy atom. The zero-order chi connectivity index (χ0) is 26.0. The maximum absolute atomic E-state index is 15.2. The highest BCUT2D eigenvalue weighted by Crippen LogP contribution is 2.35. The van der Waals surface area contributed by atoms with E-state index in [1.165, 1.54) is 35.1 Å². The van der Waals surface area contributed by atoms with Crippen LogP contribution in [0.15, 0.2) is 48.8 Å². The van der Waals surface area contributed by atoms with Crippen LogP contribution in [0.2, 0.25) is 0 Å². The Labute approximate surface area is 183 Å². The standard InChI is InChI=1S/C23H18F2N4O2/c1-28-10-16-14(5-6-21(31-2)22(16)27-28)13-8-18(24)17(19(25)9-13)11-29-12-20-15(23(29)30)4-3-7-26-20/h3-10H,11-12H2,1-2H3/i2D3,12D2. The molecule has 31 heavy (non-hydrogen) atoms. The molecule has 1 aliphatic rings. The average molecular weight is 425 g/mol. The molecule has 1 amide bonds. The van der Waals surface area contributed by atoms with Gasteiger partial charge in [-0.25, -0.2) is 8.78 Å². The number of nitrogens with zero attached hydrogens (tertiary/aromatic N) is 4. The van der Waals surface area contributed by atoms with Crippen molar-refractivity contribution in [2.24, 2.45) is 7.05 Å². The van der Waals surface area contributed by atoms with Crippen LogP contribution in [-0.4, -0.2) is 32.6 Å². The number of methoxy groups -OCH3 is 1. The Kier molecular flexibility index (Phi) is 3.29. The second-order valence-electron chi connectivity index (χ2n) is 7.10. The van der Waals surface area contributed by atoms with Crippen molar-refractivity contribution < 1.29 is 25.2 Å². The number of aryl methyl sites for hydroxylation is 1. The normalized spacial score (nSPS) is 17.6. The summed E-state index contributed by atoms with van der Waals surface area (Å²) in [5.74, 6) is -2.67. The van der Waals surface area contributed by atoms with Crippen molar-refractivity contribution in [3.63, 3.8) is 0 Å². The molecule has 6 nitrogen and oxygen atoms in total. The van der Waals surface area contributed by atoms with E-state index >= 15 is 8.78 Å². The molecule has 0 radical (unpaired) electrons. The van der Waals surface area contributed by atoms with Gasteiger partial charge in [0, 0.05) is 30.4 Å². The smallest absolute Gasteiger partial charge is 0.256 e. The van der Waals surface area contributed by atoms with Gasteiger partial charge in [-0.3, -0.25) is 14.5 Å². The van der Waals surface area contributed by atoms with Crippen LogP contribution < -0.4 is 4.74 Å². The molecule has 5 rings (SSSR count). The van der Waals surface area contributed by atoms with E-state index in [-0.39, 0.29) is 28.1 Å². The summed E-state index contributed by atoms with van der Waals surface area (Å²) >= 11 is 0. The number of benzene rings is 2. The van der Waals surface area contributed by atoms with Crippen LogP contribution in [0, 0.1) is 11.6 Å². The highest BCUT2D eigenvalue weighted by molar-refractivity contribution is 5.98. The number of carbonyl (C=O) groups excluding carboxylic acids is 1. The first-order chi connectivity index (χ1) is 16.9. The Bertz CT molecular complexity index is 1510. The number of pyridine rings is 1. The number of amides is 1. The highest BCUT2D eigenvalue weighted by atomic mass is 19.1. The maximum Gasteiger partial charge on any atom is 0.256 e. The average Bonchev–Trinajstić information content (AvgIpc) is 3.26. The molecule has 156 valence electrons. The molecular weight excluding hydrogens is 402 g/mol. The van der Waals surface area contributed by atoms with Gasteiger partial charge >= 0.3 is 0 Å². The SMILES string of the molecule is [2H]C([2H])([2H])Oc1ccc(-c2cc(F)c(CN3C(=O)c4cccnc4C3([2H])[2H])c(F)c2)c2cn(C)nc12. The largest absolute Gasteiger partial charge is 0.494 e. The molecule has 8 heteroatoms. The Morgan fingerprint density at radius 2 is 2.03 bits per heavy atom. The molecule has 0 spiro atoms. The zero-order valence-electron chi connectivity index (χ0n) is 21.2. The fourth-order valence-electron chi connectivity index (χ4n) is 3.70. The van der Waals surface area contributed by atoms with Crippen LogP contribution in [0.5, 0.6) is 5.75 Å².